The van der Waals surface area contributed by atoms with E-state index in [0.717, 1.165) is 29.9 Å². The van der Waals surface area contributed by atoms with E-state index in [9.17, 15) is 13.2 Å². The van der Waals surface area contributed by atoms with Gasteiger partial charge in [-0.1, -0.05) is 24.8 Å². The van der Waals surface area contributed by atoms with Crippen LogP contribution in [-0.2, 0) is 22.9 Å². The van der Waals surface area contributed by atoms with Gasteiger partial charge in [0, 0.05) is 36.0 Å². The third-order valence-corrected chi connectivity index (χ3v) is 8.04. The Morgan fingerprint density at radius 2 is 2.10 bits per heavy atom. The predicted octanol–water partition coefficient (Wildman–Crippen LogP) is 3.17. The molecule has 7 nitrogen and oxygen atoms in total. The molecule has 0 saturated carbocycles. The molecule has 3 heterocycles. The van der Waals surface area contributed by atoms with Gasteiger partial charge in [0.25, 0.3) is 0 Å². The number of nitrogens with zero attached hydrogens (tertiary/aromatic N) is 4. The van der Waals surface area contributed by atoms with E-state index in [0.29, 0.717) is 23.9 Å². The molecule has 0 aromatic carbocycles. The van der Waals surface area contributed by atoms with E-state index in [1.807, 2.05) is 24.5 Å². The molecule has 158 valence electrons. The number of rotatable bonds is 9. The van der Waals surface area contributed by atoms with Crippen LogP contribution in [-0.4, -0.2) is 50.8 Å². The van der Waals surface area contributed by atoms with Crippen molar-refractivity contribution in [2.24, 2.45) is 0 Å². The van der Waals surface area contributed by atoms with E-state index in [1.54, 1.807) is 6.08 Å². The van der Waals surface area contributed by atoms with Crippen LogP contribution in [0.15, 0.2) is 23.9 Å². The van der Waals surface area contributed by atoms with Gasteiger partial charge in [-0.25, -0.2) is 8.42 Å². The number of ketones is 1. The lowest BCUT2D eigenvalue weighted by atomic mass is 10.1. The highest BCUT2D eigenvalue weighted by atomic mass is 32.2. The Kier molecular flexibility index (Phi) is 6.68. The Morgan fingerprint density at radius 3 is 2.72 bits per heavy atom. The van der Waals surface area contributed by atoms with Gasteiger partial charge in [-0.05, 0) is 32.8 Å². The molecule has 1 fully saturated rings. The number of carbonyl (C=O) groups excluding carboxylic acids is 1. The lowest BCUT2D eigenvalue weighted by Gasteiger charge is -2.11. The Morgan fingerprint density at radius 1 is 1.34 bits per heavy atom. The zero-order valence-corrected chi connectivity index (χ0v) is 18.9. The predicted molar refractivity (Wildman–Crippen MR) is 115 cm³/mol. The monoisotopic (exact) mass is 436 g/mol. The maximum absolute atomic E-state index is 12.8. The SMILES string of the molecule is C=CCn1c(SCC(=O)c2cc(C)n(CCC)c2C)nnc1C1CCS(=O)(=O)C1. The largest absolute Gasteiger partial charge is 0.348 e. The lowest BCUT2D eigenvalue weighted by molar-refractivity contribution is 0.102. The summed E-state index contributed by atoms with van der Waals surface area (Å²) in [4.78, 5) is 12.8. The summed E-state index contributed by atoms with van der Waals surface area (Å²) in [5, 5.41) is 9.13. The molecular weight excluding hydrogens is 408 g/mol. The van der Waals surface area contributed by atoms with E-state index in [2.05, 4.69) is 28.3 Å². The van der Waals surface area contributed by atoms with Gasteiger partial charge in [0.1, 0.15) is 5.82 Å². The number of hydrogen-bond acceptors (Lipinski definition) is 6. The van der Waals surface area contributed by atoms with Crippen LogP contribution in [0.2, 0.25) is 0 Å². The molecule has 0 aliphatic carbocycles. The molecule has 9 heteroatoms. The Hall–Kier alpha value is -1.87. The molecule has 1 aliphatic heterocycles. The zero-order chi connectivity index (χ0) is 21.2. The second kappa shape index (κ2) is 8.87. The third kappa shape index (κ3) is 4.66. The number of sulfone groups is 1. The van der Waals surface area contributed by atoms with Crippen LogP contribution in [0.1, 0.15) is 53.3 Å². The number of aromatic nitrogens is 4. The highest BCUT2D eigenvalue weighted by Gasteiger charge is 2.33. The summed E-state index contributed by atoms with van der Waals surface area (Å²) in [6, 6.07) is 1.96. The molecule has 0 bridgehead atoms. The maximum Gasteiger partial charge on any atom is 0.191 e. The normalized spacial score (nSPS) is 18.2. The van der Waals surface area contributed by atoms with Crippen molar-refractivity contribution in [1.82, 2.24) is 19.3 Å². The molecule has 1 unspecified atom stereocenters. The van der Waals surface area contributed by atoms with Gasteiger partial charge in [0.2, 0.25) is 0 Å². The van der Waals surface area contributed by atoms with Crippen LogP contribution < -0.4 is 0 Å². The molecule has 1 aliphatic rings. The minimum absolute atomic E-state index is 0.0589. The van der Waals surface area contributed by atoms with Crippen LogP contribution in [0.3, 0.4) is 0 Å². The Labute approximate surface area is 176 Å². The number of aryl methyl sites for hydroxylation is 1. The standard InChI is InChI=1S/C20H28N4O3S2/c1-5-8-23-14(3)11-17(15(23)4)18(25)12-28-20-22-21-19(24(20)9-6-2)16-7-10-29(26,27)13-16/h6,11,16H,2,5,7-10,12-13H2,1,3-4H3. The van der Waals surface area contributed by atoms with Crippen molar-refractivity contribution in [3.8, 4) is 0 Å². The number of carbonyl (C=O) groups is 1. The van der Waals surface area contributed by atoms with E-state index < -0.39 is 9.84 Å². The molecule has 0 N–H and O–H groups in total. The summed E-state index contributed by atoms with van der Waals surface area (Å²) in [7, 11) is -3.01. The molecule has 0 amide bonds. The van der Waals surface area contributed by atoms with Gasteiger partial charge in [-0.3, -0.25) is 4.79 Å². The zero-order valence-electron chi connectivity index (χ0n) is 17.2. The van der Waals surface area contributed by atoms with E-state index in [4.69, 9.17) is 0 Å². The summed E-state index contributed by atoms with van der Waals surface area (Å²) >= 11 is 1.34. The average molecular weight is 437 g/mol. The van der Waals surface area contributed by atoms with Gasteiger partial charge >= 0.3 is 0 Å². The van der Waals surface area contributed by atoms with Gasteiger partial charge in [-0.2, -0.15) is 0 Å². The first-order valence-electron chi connectivity index (χ1n) is 9.84. The quantitative estimate of drug-likeness (QED) is 0.341. The second-order valence-corrected chi connectivity index (χ2v) is 10.7. The molecular formula is C20H28N4O3S2. The number of allylic oxidation sites excluding steroid dienone is 1. The summed E-state index contributed by atoms with van der Waals surface area (Å²) in [6.45, 7) is 11.3. The van der Waals surface area contributed by atoms with Crippen molar-refractivity contribution in [1.29, 1.82) is 0 Å². The summed E-state index contributed by atoms with van der Waals surface area (Å²) in [6.07, 6.45) is 3.31. The maximum atomic E-state index is 12.8. The highest BCUT2D eigenvalue weighted by molar-refractivity contribution is 7.99. The van der Waals surface area contributed by atoms with Crippen molar-refractivity contribution in [2.75, 3.05) is 17.3 Å². The first-order valence-corrected chi connectivity index (χ1v) is 12.6. The Balaban J connectivity index is 1.76. The van der Waals surface area contributed by atoms with Gasteiger partial charge in [0.15, 0.2) is 20.8 Å². The van der Waals surface area contributed by atoms with Crippen molar-refractivity contribution >= 4 is 27.4 Å². The topological polar surface area (TPSA) is 86.8 Å². The van der Waals surface area contributed by atoms with Crippen LogP contribution in [0, 0.1) is 13.8 Å². The summed E-state index contributed by atoms with van der Waals surface area (Å²) < 4.78 is 27.7. The Bertz CT molecular complexity index is 1020. The van der Waals surface area contributed by atoms with Crippen molar-refractivity contribution in [3.05, 3.63) is 41.5 Å². The number of Topliss-reactive ketones (excluding diaryl/α,β-unsaturated/α-hetero) is 1. The van der Waals surface area contributed by atoms with Crippen molar-refractivity contribution < 1.29 is 13.2 Å². The summed E-state index contributed by atoms with van der Waals surface area (Å²) in [5.41, 5.74) is 2.84. The fourth-order valence-electron chi connectivity index (χ4n) is 3.87. The molecule has 1 saturated heterocycles. The molecule has 1 atom stereocenters. The molecule has 2 aromatic rings. The van der Waals surface area contributed by atoms with Crippen LogP contribution in [0.25, 0.3) is 0 Å². The van der Waals surface area contributed by atoms with Crippen LogP contribution >= 0.6 is 11.8 Å². The first-order chi connectivity index (χ1) is 13.8. The average Bonchev–Trinajstić information content (AvgIpc) is 3.31. The number of thioether (sulfide) groups is 1. The third-order valence-electron chi connectivity index (χ3n) is 5.31. The van der Waals surface area contributed by atoms with Gasteiger partial charge in [-0.15, -0.1) is 16.8 Å². The van der Waals surface area contributed by atoms with E-state index in [1.165, 1.54) is 11.8 Å². The first kappa shape index (κ1) is 21.8. The van der Waals surface area contributed by atoms with Gasteiger partial charge < -0.3 is 9.13 Å². The number of hydrogen-bond donors (Lipinski definition) is 0. The smallest absolute Gasteiger partial charge is 0.191 e. The fraction of sp³-hybridized carbons (Fsp3) is 0.550. The van der Waals surface area contributed by atoms with Crippen LogP contribution in [0.4, 0.5) is 0 Å². The van der Waals surface area contributed by atoms with Crippen molar-refractivity contribution in [2.45, 2.75) is 57.8 Å². The summed E-state index contributed by atoms with van der Waals surface area (Å²) in [5.74, 6) is 1.13. The van der Waals surface area contributed by atoms with Gasteiger partial charge in [0.05, 0.1) is 17.3 Å². The van der Waals surface area contributed by atoms with E-state index in [-0.39, 0.29) is 29.0 Å². The minimum atomic E-state index is -3.01. The van der Waals surface area contributed by atoms with E-state index >= 15 is 0 Å². The molecule has 2 aromatic heterocycles. The minimum Gasteiger partial charge on any atom is -0.348 e. The second-order valence-electron chi connectivity index (χ2n) is 7.49. The molecule has 29 heavy (non-hydrogen) atoms. The molecule has 0 spiro atoms. The van der Waals surface area contributed by atoms with Crippen molar-refractivity contribution in [3.63, 3.8) is 0 Å². The van der Waals surface area contributed by atoms with Crippen LogP contribution in [0.5, 0.6) is 0 Å². The fourth-order valence-corrected chi connectivity index (χ4v) is 6.44. The molecule has 3 rings (SSSR count). The lowest BCUT2D eigenvalue weighted by Crippen LogP contribution is -2.12. The highest BCUT2D eigenvalue weighted by Crippen LogP contribution is 2.30. The molecule has 0 radical (unpaired) electrons.